The summed E-state index contributed by atoms with van der Waals surface area (Å²) in [6.07, 6.45) is 2.11. The Morgan fingerprint density at radius 2 is 0.884 bits per heavy atom. The number of rotatable bonds is 18. The summed E-state index contributed by atoms with van der Waals surface area (Å²) in [5.74, 6) is -0.904. The molecule has 2 unspecified atom stereocenters. The minimum Gasteiger partial charge on any atom is -1.00 e. The molecule has 0 spiro atoms. The highest BCUT2D eigenvalue weighted by Gasteiger charge is 2.57. The molecule has 2 fully saturated rings. The maximum atomic E-state index is 13.5. The third kappa shape index (κ3) is 9.64. The largest absolute Gasteiger partial charge is 1.00 e. The quantitative estimate of drug-likeness (QED) is 0.109. The number of hydrogen-bond donors (Lipinski definition) is 4. The molecule has 0 saturated carbocycles. The summed E-state index contributed by atoms with van der Waals surface area (Å²) in [6.45, 7) is 18.7. The van der Waals surface area contributed by atoms with Gasteiger partial charge in [0.2, 0.25) is 0 Å². The molecule has 2 heterocycles. The SMILES string of the molecule is CCC[NH+](CCC)CC(O)CN1C(=O)N(CN2C(=O)N(CC(O)C[NH+](CCC)CCC)C(=O)C2(C)C)C(C)(C)C1=O.[Cl-].[Cl-]. The topological polar surface area (TPSA) is 131 Å². The summed E-state index contributed by atoms with van der Waals surface area (Å²) in [5, 5.41) is 21.6. The van der Waals surface area contributed by atoms with Crippen molar-refractivity contribution in [3.8, 4) is 0 Å². The number of quaternary nitrogens is 2. The predicted octanol–water partition coefficient (Wildman–Crippen LogP) is -6.83. The van der Waals surface area contributed by atoms with Crippen LogP contribution in [-0.4, -0.2) is 136 Å². The van der Waals surface area contributed by atoms with Crippen LogP contribution in [0.15, 0.2) is 0 Å². The van der Waals surface area contributed by atoms with Gasteiger partial charge >= 0.3 is 12.1 Å². The van der Waals surface area contributed by atoms with Crippen LogP contribution in [0.3, 0.4) is 0 Å². The third-order valence-corrected chi connectivity index (χ3v) is 8.34. The summed E-state index contributed by atoms with van der Waals surface area (Å²) < 4.78 is 0. The summed E-state index contributed by atoms with van der Waals surface area (Å²) in [7, 11) is 0. The van der Waals surface area contributed by atoms with Gasteiger partial charge in [0.1, 0.15) is 43.0 Å². The van der Waals surface area contributed by atoms with Crippen molar-refractivity contribution in [3.63, 3.8) is 0 Å². The fraction of sp³-hybridized carbons (Fsp3) is 0.862. The van der Waals surface area contributed by atoms with E-state index in [1.165, 1.54) is 19.6 Å². The Hall–Kier alpha value is -1.70. The molecule has 0 aromatic heterocycles. The number of halogens is 2. The monoisotopic (exact) mass is 654 g/mol. The summed E-state index contributed by atoms with van der Waals surface area (Å²) in [4.78, 5) is 60.9. The molecule has 0 aromatic rings. The van der Waals surface area contributed by atoms with Crippen molar-refractivity contribution in [1.29, 1.82) is 0 Å². The van der Waals surface area contributed by atoms with E-state index < -0.39 is 47.2 Å². The van der Waals surface area contributed by atoms with E-state index in [9.17, 15) is 29.4 Å². The molecule has 2 saturated heterocycles. The summed E-state index contributed by atoms with van der Waals surface area (Å²) >= 11 is 0. The molecule has 14 heteroatoms. The van der Waals surface area contributed by atoms with Crippen LogP contribution in [0.1, 0.15) is 81.1 Å². The van der Waals surface area contributed by atoms with Crippen molar-refractivity contribution < 1.29 is 64.0 Å². The number of aliphatic hydroxyl groups excluding tert-OH is 2. The number of aliphatic hydroxyl groups is 2. The Morgan fingerprint density at radius 1 is 0.605 bits per heavy atom. The molecule has 6 amide bonds. The molecule has 12 nitrogen and oxygen atoms in total. The second-order valence-electron chi connectivity index (χ2n) is 12.7. The lowest BCUT2D eigenvalue weighted by molar-refractivity contribution is -0.903. The van der Waals surface area contributed by atoms with Crippen molar-refractivity contribution in [2.24, 2.45) is 0 Å². The molecule has 2 atom stereocenters. The number of nitrogens with zero attached hydrogens (tertiary/aromatic N) is 4. The van der Waals surface area contributed by atoms with Crippen LogP contribution in [0.25, 0.3) is 0 Å². The van der Waals surface area contributed by atoms with Gasteiger partial charge in [-0.1, -0.05) is 27.7 Å². The van der Waals surface area contributed by atoms with Gasteiger partial charge in [-0.25, -0.2) is 9.59 Å². The zero-order valence-corrected chi connectivity index (χ0v) is 28.9. The zero-order valence-electron chi connectivity index (χ0n) is 27.4. The fourth-order valence-electron chi connectivity index (χ4n) is 6.06. The van der Waals surface area contributed by atoms with E-state index in [0.29, 0.717) is 13.1 Å². The summed E-state index contributed by atoms with van der Waals surface area (Å²) in [5.41, 5.74) is -2.54. The Balaban J connectivity index is 0.00000882. The number of β-amino-alcohol motifs (C(OH)–C–C–N with tert-alkyl or cyclic N) is 2. The first-order valence-electron chi connectivity index (χ1n) is 15.5. The Kier molecular flexibility index (Phi) is 17.0. The molecule has 2 rings (SSSR count). The van der Waals surface area contributed by atoms with Crippen LogP contribution in [0.2, 0.25) is 0 Å². The highest BCUT2D eigenvalue weighted by Crippen LogP contribution is 2.33. The minimum atomic E-state index is -1.27. The van der Waals surface area contributed by atoms with E-state index in [1.807, 2.05) is 0 Å². The van der Waals surface area contributed by atoms with Crippen molar-refractivity contribution >= 4 is 23.9 Å². The molecular weight excluding hydrogens is 599 g/mol. The lowest BCUT2D eigenvalue weighted by atomic mass is 10.0. The molecule has 0 aromatic carbocycles. The predicted molar refractivity (Wildman–Crippen MR) is 155 cm³/mol. The molecule has 0 radical (unpaired) electrons. The van der Waals surface area contributed by atoms with Gasteiger partial charge in [-0.3, -0.25) is 29.2 Å². The van der Waals surface area contributed by atoms with Crippen molar-refractivity contribution in [1.82, 2.24) is 19.6 Å². The maximum Gasteiger partial charge on any atom is 0.329 e. The number of amides is 6. The van der Waals surface area contributed by atoms with Crippen molar-refractivity contribution in [2.75, 3.05) is 59.0 Å². The Labute approximate surface area is 270 Å². The van der Waals surface area contributed by atoms with Crippen molar-refractivity contribution in [2.45, 2.75) is 104 Å². The standard InChI is InChI=1S/C29H54N6O6.2ClH/c1-9-13-30(14-10-2)17-22(36)19-32-24(38)28(5,6)34(26(32)40)21-35-27(41)33(25(39)29(35,7)8)20-23(37)18-31(15-11-3)16-12-4;;/h22-23,36-37H,9-21H2,1-8H3;2*1H. The van der Waals surface area contributed by atoms with Crippen LogP contribution < -0.4 is 34.6 Å². The number of urea groups is 2. The van der Waals surface area contributed by atoms with Crippen LogP contribution in [-0.2, 0) is 9.59 Å². The molecule has 0 aliphatic carbocycles. The first-order chi connectivity index (χ1) is 19.2. The number of carbonyl (C=O) groups is 4. The lowest BCUT2D eigenvalue weighted by Crippen LogP contribution is -3.13. The Bertz CT molecular complexity index is 855. The highest BCUT2D eigenvalue weighted by atomic mass is 35.5. The van der Waals surface area contributed by atoms with E-state index >= 15 is 0 Å². The summed E-state index contributed by atoms with van der Waals surface area (Å²) in [6, 6.07) is -1.20. The van der Waals surface area contributed by atoms with Gasteiger partial charge in [0.05, 0.1) is 39.3 Å². The van der Waals surface area contributed by atoms with Gasteiger partial charge in [0.15, 0.2) is 0 Å². The fourth-order valence-corrected chi connectivity index (χ4v) is 6.06. The average molecular weight is 656 g/mol. The molecule has 4 N–H and O–H groups in total. The van der Waals surface area contributed by atoms with E-state index in [1.54, 1.807) is 27.7 Å². The van der Waals surface area contributed by atoms with E-state index in [-0.39, 0.29) is 44.6 Å². The first kappa shape index (κ1) is 41.3. The minimum absolute atomic E-state index is 0. The molecular formula is C29H56Cl2N6O6. The van der Waals surface area contributed by atoms with Gasteiger partial charge < -0.3 is 44.8 Å². The second-order valence-corrected chi connectivity index (χ2v) is 12.7. The van der Waals surface area contributed by atoms with Crippen LogP contribution in [0.5, 0.6) is 0 Å². The van der Waals surface area contributed by atoms with E-state index in [2.05, 4.69) is 27.7 Å². The van der Waals surface area contributed by atoms with Gasteiger partial charge in [0.25, 0.3) is 11.8 Å². The number of carbonyl (C=O) groups excluding carboxylic acids is 4. The smallest absolute Gasteiger partial charge is 0.329 e. The Morgan fingerprint density at radius 3 is 1.14 bits per heavy atom. The van der Waals surface area contributed by atoms with Gasteiger partial charge in [-0.2, -0.15) is 0 Å². The molecule has 252 valence electrons. The number of imide groups is 2. The lowest BCUT2D eigenvalue weighted by Gasteiger charge is -2.36. The van der Waals surface area contributed by atoms with Crippen molar-refractivity contribution in [3.05, 3.63) is 0 Å². The molecule has 2 aliphatic rings. The van der Waals surface area contributed by atoms with E-state index in [0.717, 1.165) is 61.7 Å². The van der Waals surface area contributed by atoms with E-state index in [4.69, 9.17) is 0 Å². The zero-order chi connectivity index (χ0) is 31.1. The number of hydrogen-bond acceptors (Lipinski definition) is 6. The van der Waals surface area contributed by atoms with Gasteiger partial charge in [-0.05, 0) is 53.4 Å². The normalized spacial score (nSPS) is 19.4. The molecule has 43 heavy (non-hydrogen) atoms. The highest BCUT2D eigenvalue weighted by molar-refractivity contribution is 6.08. The second kappa shape index (κ2) is 17.7. The van der Waals surface area contributed by atoms with Crippen LogP contribution in [0, 0.1) is 0 Å². The molecule has 2 aliphatic heterocycles. The number of nitrogens with one attached hydrogen (secondary N) is 2. The molecule has 0 bridgehead atoms. The average Bonchev–Trinajstić information content (AvgIpc) is 3.14. The van der Waals surface area contributed by atoms with Crippen LogP contribution >= 0.6 is 0 Å². The third-order valence-electron chi connectivity index (χ3n) is 8.34. The van der Waals surface area contributed by atoms with Crippen LogP contribution in [0.4, 0.5) is 9.59 Å². The van der Waals surface area contributed by atoms with Gasteiger partial charge in [-0.15, -0.1) is 0 Å². The first-order valence-corrected chi connectivity index (χ1v) is 15.5. The van der Waals surface area contributed by atoms with Gasteiger partial charge in [0, 0.05) is 0 Å². The maximum absolute atomic E-state index is 13.5.